The second kappa shape index (κ2) is 4.48. The third-order valence-corrected chi connectivity index (χ3v) is 2.78. The van der Waals surface area contributed by atoms with Crippen molar-refractivity contribution in [1.29, 1.82) is 0 Å². The van der Waals surface area contributed by atoms with Crippen LogP contribution < -0.4 is 5.73 Å². The van der Waals surface area contributed by atoms with Gasteiger partial charge in [-0.3, -0.25) is 9.59 Å². The molecule has 0 aromatic carbocycles. The summed E-state index contributed by atoms with van der Waals surface area (Å²) in [7, 11) is 0. The minimum Gasteiger partial charge on any atom is -0.368 e. The fourth-order valence-electron chi connectivity index (χ4n) is 1.98. The largest absolute Gasteiger partial charge is 0.368 e. The molecule has 0 saturated carbocycles. The summed E-state index contributed by atoms with van der Waals surface area (Å²) in [5.41, 5.74) is 5.20. The van der Waals surface area contributed by atoms with Crippen LogP contribution in [-0.4, -0.2) is 34.3 Å². The first-order chi connectivity index (χ1) is 8.09. The Hall–Kier alpha value is -1.98. The molecule has 5 nitrogen and oxygen atoms in total. The predicted octanol–water partition coefficient (Wildman–Crippen LogP) is 0.311. The first-order valence-corrected chi connectivity index (χ1v) is 5.32. The summed E-state index contributed by atoms with van der Waals surface area (Å²) in [5.74, 6) is -1.70. The molecule has 1 aliphatic heterocycles. The summed E-state index contributed by atoms with van der Waals surface area (Å²) < 4.78 is 12.9. The number of halogens is 1. The van der Waals surface area contributed by atoms with E-state index in [1.807, 2.05) is 0 Å². The summed E-state index contributed by atoms with van der Waals surface area (Å²) in [6.45, 7) is 0.449. The zero-order chi connectivity index (χ0) is 12.4. The average molecular weight is 237 g/mol. The van der Waals surface area contributed by atoms with Gasteiger partial charge in [-0.25, -0.2) is 4.98 Å². The molecule has 1 unspecified atom stereocenters. The van der Waals surface area contributed by atoms with Crippen molar-refractivity contribution in [3.05, 3.63) is 29.8 Å². The van der Waals surface area contributed by atoms with E-state index in [0.717, 1.165) is 6.07 Å². The van der Waals surface area contributed by atoms with Gasteiger partial charge in [0.2, 0.25) is 11.9 Å². The third-order valence-electron chi connectivity index (χ3n) is 2.78. The van der Waals surface area contributed by atoms with Crippen LogP contribution in [0.3, 0.4) is 0 Å². The lowest BCUT2D eigenvalue weighted by atomic mass is 10.2. The maximum atomic E-state index is 12.9. The van der Waals surface area contributed by atoms with E-state index in [4.69, 9.17) is 5.73 Å². The van der Waals surface area contributed by atoms with Gasteiger partial charge in [0.15, 0.2) is 0 Å². The van der Waals surface area contributed by atoms with Crippen LogP contribution in [0.5, 0.6) is 0 Å². The van der Waals surface area contributed by atoms with Crippen molar-refractivity contribution < 1.29 is 14.0 Å². The number of pyridine rings is 1. The van der Waals surface area contributed by atoms with E-state index >= 15 is 0 Å². The summed E-state index contributed by atoms with van der Waals surface area (Å²) in [6.07, 6.45) is 1.27. The summed E-state index contributed by atoms with van der Waals surface area (Å²) >= 11 is 0. The first-order valence-electron chi connectivity index (χ1n) is 5.32. The highest BCUT2D eigenvalue weighted by Gasteiger charge is 2.33. The highest BCUT2D eigenvalue weighted by Crippen LogP contribution is 2.19. The first kappa shape index (κ1) is 11.5. The lowest BCUT2D eigenvalue weighted by molar-refractivity contribution is -0.121. The molecular weight excluding hydrogens is 225 g/mol. The molecule has 1 fully saturated rings. The SMILES string of the molecule is NC(=O)C1CCCN1C(=O)c1cccc(F)n1. The number of nitrogens with two attached hydrogens (primary N) is 1. The zero-order valence-electron chi connectivity index (χ0n) is 9.10. The van der Waals surface area contributed by atoms with Crippen molar-refractivity contribution in [2.45, 2.75) is 18.9 Å². The van der Waals surface area contributed by atoms with Crippen LogP contribution in [0.15, 0.2) is 18.2 Å². The number of rotatable bonds is 2. The number of carbonyl (C=O) groups excluding carboxylic acids is 2. The van der Waals surface area contributed by atoms with E-state index in [2.05, 4.69) is 4.98 Å². The van der Waals surface area contributed by atoms with E-state index in [1.54, 1.807) is 0 Å². The van der Waals surface area contributed by atoms with Crippen molar-refractivity contribution in [3.63, 3.8) is 0 Å². The molecule has 2 amide bonds. The van der Waals surface area contributed by atoms with Crippen LogP contribution >= 0.6 is 0 Å². The Balaban J connectivity index is 2.23. The lowest BCUT2D eigenvalue weighted by Gasteiger charge is -2.21. The molecule has 90 valence electrons. The summed E-state index contributed by atoms with van der Waals surface area (Å²) in [6, 6.07) is 3.38. The van der Waals surface area contributed by atoms with Crippen molar-refractivity contribution in [2.24, 2.45) is 5.73 Å². The Bertz CT molecular complexity index is 464. The number of hydrogen-bond acceptors (Lipinski definition) is 3. The molecule has 6 heteroatoms. The normalized spacial score (nSPS) is 19.4. The molecule has 2 N–H and O–H groups in total. The molecule has 2 heterocycles. The van der Waals surface area contributed by atoms with Crippen molar-refractivity contribution >= 4 is 11.8 Å². The molecule has 1 atom stereocenters. The zero-order valence-corrected chi connectivity index (χ0v) is 9.10. The minimum absolute atomic E-state index is 0.00171. The molecular formula is C11H12FN3O2. The second-order valence-corrected chi connectivity index (χ2v) is 3.90. The van der Waals surface area contributed by atoms with E-state index in [-0.39, 0.29) is 5.69 Å². The lowest BCUT2D eigenvalue weighted by Crippen LogP contribution is -2.44. The Kier molecular flexibility index (Phi) is 3.03. The maximum absolute atomic E-state index is 12.9. The number of primary amides is 1. The Morgan fingerprint density at radius 1 is 1.47 bits per heavy atom. The van der Waals surface area contributed by atoms with Crippen molar-refractivity contribution in [3.8, 4) is 0 Å². The smallest absolute Gasteiger partial charge is 0.273 e. The average Bonchev–Trinajstić information content (AvgIpc) is 2.77. The monoisotopic (exact) mass is 237 g/mol. The molecule has 0 aliphatic carbocycles. The highest BCUT2D eigenvalue weighted by molar-refractivity contribution is 5.96. The predicted molar refractivity (Wildman–Crippen MR) is 57.4 cm³/mol. The number of likely N-dealkylation sites (tertiary alicyclic amines) is 1. The van der Waals surface area contributed by atoms with Gasteiger partial charge in [-0.1, -0.05) is 6.07 Å². The van der Waals surface area contributed by atoms with Crippen LogP contribution in [0.25, 0.3) is 0 Å². The van der Waals surface area contributed by atoms with Gasteiger partial charge < -0.3 is 10.6 Å². The van der Waals surface area contributed by atoms with Crippen molar-refractivity contribution in [1.82, 2.24) is 9.88 Å². The van der Waals surface area contributed by atoms with E-state index in [1.165, 1.54) is 17.0 Å². The second-order valence-electron chi connectivity index (χ2n) is 3.90. The van der Waals surface area contributed by atoms with E-state index in [0.29, 0.717) is 19.4 Å². The highest BCUT2D eigenvalue weighted by atomic mass is 19.1. The van der Waals surface area contributed by atoms with Crippen LogP contribution in [0.4, 0.5) is 4.39 Å². The van der Waals surface area contributed by atoms with Gasteiger partial charge >= 0.3 is 0 Å². The van der Waals surface area contributed by atoms with Crippen molar-refractivity contribution in [2.75, 3.05) is 6.54 Å². The number of hydrogen-bond donors (Lipinski definition) is 1. The van der Waals surface area contributed by atoms with Gasteiger partial charge in [0.05, 0.1) is 0 Å². The number of aromatic nitrogens is 1. The summed E-state index contributed by atoms with van der Waals surface area (Å²) in [5, 5.41) is 0. The van der Waals surface area contributed by atoms with Gasteiger partial charge in [0.1, 0.15) is 11.7 Å². The quantitative estimate of drug-likeness (QED) is 0.752. The van der Waals surface area contributed by atoms with Crippen LogP contribution in [0.1, 0.15) is 23.3 Å². The Labute approximate surface area is 97.4 Å². The van der Waals surface area contributed by atoms with Crippen LogP contribution in [0, 0.1) is 5.95 Å². The Morgan fingerprint density at radius 3 is 2.88 bits per heavy atom. The molecule has 1 aromatic heterocycles. The van der Waals surface area contributed by atoms with Gasteiger partial charge in [-0.2, -0.15) is 4.39 Å². The molecule has 0 spiro atoms. The summed E-state index contributed by atoms with van der Waals surface area (Å²) in [4.78, 5) is 28.0. The molecule has 1 aromatic rings. The van der Waals surface area contributed by atoms with Crippen LogP contribution in [0.2, 0.25) is 0 Å². The fourth-order valence-corrected chi connectivity index (χ4v) is 1.98. The number of nitrogens with zero attached hydrogens (tertiary/aromatic N) is 2. The van der Waals surface area contributed by atoms with Gasteiger partial charge in [0.25, 0.3) is 5.91 Å². The standard InChI is InChI=1S/C11H12FN3O2/c12-9-5-1-3-7(14-9)11(17)15-6-2-4-8(15)10(13)16/h1,3,5,8H,2,4,6H2,(H2,13,16). The fraction of sp³-hybridized carbons (Fsp3) is 0.364. The molecule has 0 radical (unpaired) electrons. The number of amides is 2. The van der Waals surface area contributed by atoms with E-state index < -0.39 is 23.8 Å². The third kappa shape index (κ3) is 2.25. The number of carbonyl (C=O) groups is 2. The van der Waals surface area contributed by atoms with Crippen LogP contribution in [-0.2, 0) is 4.79 Å². The Morgan fingerprint density at radius 2 is 2.24 bits per heavy atom. The molecule has 1 saturated heterocycles. The van der Waals surface area contributed by atoms with Gasteiger partial charge in [-0.15, -0.1) is 0 Å². The van der Waals surface area contributed by atoms with Gasteiger partial charge in [0, 0.05) is 6.54 Å². The molecule has 0 bridgehead atoms. The minimum atomic E-state index is -0.717. The molecule has 2 rings (SSSR count). The molecule has 1 aliphatic rings. The van der Waals surface area contributed by atoms with Gasteiger partial charge in [-0.05, 0) is 25.0 Å². The topological polar surface area (TPSA) is 76.3 Å². The van der Waals surface area contributed by atoms with E-state index in [9.17, 15) is 14.0 Å². The molecule has 17 heavy (non-hydrogen) atoms. The maximum Gasteiger partial charge on any atom is 0.273 e.